The zero-order valence-electron chi connectivity index (χ0n) is 6.50. The maximum absolute atomic E-state index is 10.3. The van der Waals surface area contributed by atoms with Crippen LogP contribution in [0.1, 0.15) is 10.4 Å². The lowest BCUT2D eigenvalue weighted by Crippen LogP contribution is -2.00. The first kappa shape index (κ1) is 11.9. The average molecular weight is 221 g/mol. The molecule has 0 saturated carbocycles. The van der Waals surface area contributed by atoms with Gasteiger partial charge in [0.05, 0.1) is 0 Å². The Labute approximate surface area is 84.8 Å². The number of carboxylic acid groups (broad SMARTS) is 1. The molecule has 0 aliphatic heterocycles. The van der Waals surface area contributed by atoms with E-state index >= 15 is 0 Å². The van der Waals surface area contributed by atoms with Crippen molar-refractivity contribution in [3.8, 4) is 0 Å². The number of hydrogen-bond acceptors (Lipinski definition) is 3. The first-order valence-corrected chi connectivity index (χ1v) is 3.78. The van der Waals surface area contributed by atoms with Gasteiger partial charge in [0.15, 0.2) is 0 Å². The Morgan fingerprint density at radius 3 is 2.38 bits per heavy atom. The van der Waals surface area contributed by atoms with Gasteiger partial charge in [-0.1, -0.05) is 11.6 Å². The molecule has 6 heteroatoms. The summed E-state index contributed by atoms with van der Waals surface area (Å²) in [6.45, 7) is 6.00. The maximum Gasteiger partial charge on any atom is 0.340 e. The van der Waals surface area contributed by atoms with Gasteiger partial charge in [-0.2, -0.15) is 0 Å². The summed E-state index contributed by atoms with van der Waals surface area (Å²) in [5.41, 5.74) is -0.156. The van der Waals surface area contributed by atoms with Gasteiger partial charge in [-0.15, -0.1) is 13.2 Å². The van der Waals surface area contributed by atoms with Crippen molar-refractivity contribution in [2.45, 2.75) is 0 Å². The Morgan fingerprint density at radius 1 is 1.46 bits per heavy atom. The second-order valence-electron chi connectivity index (χ2n) is 1.65. The van der Waals surface area contributed by atoms with Crippen molar-refractivity contribution < 1.29 is 9.90 Å². The molecule has 0 atom stereocenters. The Morgan fingerprint density at radius 2 is 2.00 bits per heavy atom. The lowest BCUT2D eigenvalue weighted by Gasteiger charge is -1.95. The molecule has 0 aliphatic rings. The van der Waals surface area contributed by atoms with Gasteiger partial charge in [-0.25, -0.2) is 14.8 Å². The molecule has 0 fully saturated rings. The van der Waals surface area contributed by atoms with E-state index in [4.69, 9.17) is 28.3 Å². The number of nitrogens with zero attached hydrogens (tertiary/aromatic N) is 2. The number of rotatable bonds is 1. The SMILES string of the molecule is C=C.O=C(O)c1cnc(Cl)nc1Cl. The first-order chi connectivity index (χ1) is 6.11. The number of hydrogen-bond donors (Lipinski definition) is 1. The van der Waals surface area contributed by atoms with Crippen molar-refractivity contribution in [1.29, 1.82) is 0 Å². The van der Waals surface area contributed by atoms with Gasteiger partial charge in [0, 0.05) is 6.20 Å². The predicted molar refractivity (Wildman–Crippen MR) is 50.3 cm³/mol. The van der Waals surface area contributed by atoms with Crippen LogP contribution in [0.15, 0.2) is 19.4 Å². The fraction of sp³-hybridized carbons (Fsp3) is 0. The van der Waals surface area contributed by atoms with Crippen molar-refractivity contribution >= 4 is 29.2 Å². The van der Waals surface area contributed by atoms with Crippen molar-refractivity contribution in [1.82, 2.24) is 9.97 Å². The van der Waals surface area contributed by atoms with Crippen molar-refractivity contribution in [2.75, 3.05) is 0 Å². The van der Waals surface area contributed by atoms with Gasteiger partial charge < -0.3 is 5.11 Å². The van der Waals surface area contributed by atoms with Gasteiger partial charge >= 0.3 is 5.97 Å². The minimum Gasteiger partial charge on any atom is -0.478 e. The van der Waals surface area contributed by atoms with E-state index in [0.717, 1.165) is 6.20 Å². The molecule has 0 spiro atoms. The van der Waals surface area contributed by atoms with E-state index in [2.05, 4.69) is 23.1 Å². The Hall–Kier alpha value is -1.13. The molecule has 1 rings (SSSR count). The molecule has 0 radical (unpaired) electrons. The van der Waals surface area contributed by atoms with Crippen LogP contribution in [0.5, 0.6) is 0 Å². The third-order valence-electron chi connectivity index (χ3n) is 0.943. The quantitative estimate of drug-likeness (QED) is 0.448. The lowest BCUT2D eigenvalue weighted by molar-refractivity contribution is 0.0696. The maximum atomic E-state index is 10.3. The summed E-state index contributed by atoms with van der Waals surface area (Å²) in [6.07, 6.45) is 1.06. The van der Waals surface area contributed by atoms with Crippen LogP contribution in [0.25, 0.3) is 0 Å². The van der Waals surface area contributed by atoms with E-state index < -0.39 is 5.97 Å². The Balaban J connectivity index is 0.000000671. The molecule has 4 nitrogen and oxygen atoms in total. The molecule has 0 saturated heterocycles. The van der Waals surface area contributed by atoms with Crippen LogP contribution in [0.2, 0.25) is 10.4 Å². The largest absolute Gasteiger partial charge is 0.478 e. The average Bonchev–Trinajstić information content (AvgIpc) is 2.07. The van der Waals surface area contributed by atoms with E-state index in [1.165, 1.54) is 0 Å². The second-order valence-corrected chi connectivity index (χ2v) is 2.34. The Kier molecular flexibility index (Phi) is 5.03. The highest BCUT2D eigenvalue weighted by Gasteiger charge is 2.10. The normalized spacial score (nSPS) is 8.46. The van der Waals surface area contributed by atoms with Crippen LogP contribution in [0.3, 0.4) is 0 Å². The molecule has 1 aromatic rings. The molecule has 0 aliphatic carbocycles. The molecule has 1 aromatic heterocycles. The predicted octanol–water partition coefficient (Wildman–Crippen LogP) is 2.28. The summed E-state index contributed by atoms with van der Waals surface area (Å²) in [4.78, 5) is 17.2. The van der Waals surface area contributed by atoms with Crippen LogP contribution in [-0.4, -0.2) is 21.0 Å². The molecule has 0 amide bonds. The van der Waals surface area contributed by atoms with Gasteiger partial charge in [0.1, 0.15) is 10.7 Å². The Bertz CT molecular complexity index is 317. The molecule has 13 heavy (non-hydrogen) atoms. The van der Waals surface area contributed by atoms with Gasteiger partial charge in [-0.05, 0) is 11.6 Å². The zero-order chi connectivity index (χ0) is 10.4. The van der Waals surface area contributed by atoms with Crippen LogP contribution >= 0.6 is 23.2 Å². The third-order valence-corrected chi connectivity index (χ3v) is 1.41. The molecular formula is C7H6Cl2N2O2. The molecule has 1 heterocycles. The smallest absolute Gasteiger partial charge is 0.340 e. The highest BCUT2D eigenvalue weighted by Crippen LogP contribution is 2.13. The highest BCUT2D eigenvalue weighted by molar-refractivity contribution is 6.33. The zero-order valence-corrected chi connectivity index (χ0v) is 8.01. The first-order valence-electron chi connectivity index (χ1n) is 3.02. The molecule has 0 aromatic carbocycles. The summed E-state index contributed by atoms with van der Waals surface area (Å²) in [7, 11) is 0. The number of aromatic carboxylic acids is 1. The summed E-state index contributed by atoms with van der Waals surface area (Å²) < 4.78 is 0. The number of carbonyl (C=O) groups is 1. The highest BCUT2D eigenvalue weighted by atomic mass is 35.5. The standard InChI is InChI=1S/C5H2Cl2N2O2.C2H4/c6-3-2(4(10)11)1-8-5(7)9-3;1-2/h1H,(H,10,11);1-2H2. The van der Waals surface area contributed by atoms with Gasteiger partial charge in [0.2, 0.25) is 5.28 Å². The van der Waals surface area contributed by atoms with Crippen LogP contribution in [0.4, 0.5) is 0 Å². The minimum absolute atomic E-state index is 0.0694. The van der Waals surface area contributed by atoms with Crippen molar-refractivity contribution in [3.63, 3.8) is 0 Å². The molecule has 0 bridgehead atoms. The van der Waals surface area contributed by atoms with E-state index in [-0.39, 0.29) is 16.0 Å². The number of aromatic nitrogens is 2. The fourth-order valence-corrected chi connectivity index (χ4v) is 0.871. The summed E-state index contributed by atoms with van der Waals surface area (Å²) in [5, 5.41) is 8.22. The van der Waals surface area contributed by atoms with Gasteiger partial charge in [0.25, 0.3) is 0 Å². The van der Waals surface area contributed by atoms with E-state index in [1.54, 1.807) is 0 Å². The monoisotopic (exact) mass is 220 g/mol. The van der Waals surface area contributed by atoms with Crippen molar-refractivity contribution in [2.24, 2.45) is 0 Å². The van der Waals surface area contributed by atoms with Crippen LogP contribution in [-0.2, 0) is 0 Å². The van der Waals surface area contributed by atoms with E-state index in [1.807, 2.05) is 0 Å². The molecule has 1 N–H and O–H groups in total. The fourth-order valence-electron chi connectivity index (χ4n) is 0.485. The molecule has 0 unspecified atom stereocenters. The number of halogens is 2. The summed E-state index contributed by atoms with van der Waals surface area (Å²) in [6, 6.07) is 0. The third kappa shape index (κ3) is 3.40. The lowest BCUT2D eigenvalue weighted by atomic mass is 10.3. The minimum atomic E-state index is -1.17. The number of carboxylic acids is 1. The van der Waals surface area contributed by atoms with E-state index in [0.29, 0.717) is 0 Å². The van der Waals surface area contributed by atoms with E-state index in [9.17, 15) is 4.79 Å². The topological polar surface area (TPSA) is 63.1 Å². The van der Waals surface area contributed by atoms with Crippen LogP contribution < -0.4 is 0 Å². The summed E-state index contributed by atoms with van der Waals surface area (Å²) >= 11 is 10.7. The van der Waals surface area contributed by atoms with Crippen LogP contribution in [0, 0.1) is 0 Å². The van der Waals surface area contributed by atoms with Gasteiger partial charge in [-0.3, -0.25) is 0 Å². The van der Waals surface area contributed by atoms with Crippen molar-refractivity contribution in [3.05, 3.63) is 35.4 Å². The second kappa shape index (κ2) is 5.50. The molecular weight excluding hydrogens is 215 g/mol. The molecule has 70 valence electrons. The summed E-state index contributed by atoms with van der Waals surface area (Å²) in [5.74, 6) is -1.17.